The van der Waals surface area contributed by atoms with Crippen LogP contribution in [0.4, 0.5) is 20.6 Å². The fraction of sp³-hybridized carbons (Fsp3) is 0.636. The van der Waals surface area contributed by atoms with Gasteiger partial charge in [0, 0.05) is 38.4 Å². The van der Waals surface area contributed by atoms with Crippen molar-refractivity contribution in [2.75, 3.05) is 36.5 Å². The summed E-state index contributed by atoms with van der Waals surface area (Å²) in [7, 11) is 1.38. The van der Waals surface area contributed by atoms with Crippen molar-refractivity contribution in [3.05, 3.63) is 24.0 Å². The standard InChI is InChI=1S/C22H30FN3O4/c1-24(21(29)30)16-5-8-19(18(23)13-16)25-11-2-9-22(14-25)10-12-26(20(22)28)15-3-6-17(27)7-4-15/h5,8,13,15,17,27H,2-4,6-7,9-12,14H2,1H3,(H,29,30)/t15?,17?,22-/m0/s1. The third-order valence-electron chi connectivity index (χ3n) is 7.18. The number of carboxylic acid groups (broad SMARTS) is 1. The van der Waals surface area contributed by atoms with Crippen LogP contribution in [0.25, 0.3) is 0 Å². The third-order valence-corrected chi connectivity index (χ3v) is 7.18. The third kappa shape index (κ3) is 3.73. The first-order valence-corrected chi connectivity index (χ1v) is 10.8. The molecule has 2 saturated heterocycles. The van der Waals surface area contributed by atoms with Crippen molar-refractivity contribution in [3.63, 3.8) is 0 Å². The van der Waals surface area contributed by atoms with Crippen LogP contribution in [0.15, 0.2) is 18.2 Å². The van der Waals surface area contributed by atoms with Gasteiger partial charge in [0.2, 0.25) is 5.91 Å². The fourth-order valence-corrected chi connectivity index (χ4v) is 5.35. The lowest BCUT2D eigenvalue weighted by molar-refractivity contribution is -0.139. The van der Waals surface area contributed by atoms with Gasteiger partial charge in [-0.2, -0.15) is 0 Å². The summed E-state index contributed by atoms with van der Waals surface area (Å²) in [6.07, 6.45) is 4.21. The highest BCUT2D eigenvalue weighted by Crippen LogP contribution is 2.44. The van der Waals surface area contributed by atoms with Gasteiger partial charge in [0.1, 0.15) is 5.82 Å². The van der Waals surface area contributed by atoms with E-state index in [0.29, 0.717) is 18.8 Å². The molecule has 2 N–H and O–H groups in total. The van der Waals surface area contributed by atoms with Crippen LogP contribution in [0.1, 0.15) is 44.9 Å². The van der Waals surface area contributed by atoms with Crippen LogP contribution in [-0.2, 0) is 4.79 Å². The number of hydrogen-bond donors (Lipinski definition) is 2. The van der Waals surface area contributed by atoms with E-state index in [4.69, 9.17) is 5.11 Å². The lowest BCUT2D eigenvalue weighted by atomic mass is 9.78. The number of piperidine rings is 1. The second kappa shape index (κ2) is 8.06. The molecule has 2 heterocycles. The molecule has 8 heteroatoms. The second-order valence-electron chi connectivity index (χ2n) is 8.99. The summed E-state index contributed by atoms with van der Waals surface area (Å²) < 4.78 is 14.9. The lowest BCUT2D eigenvalue weighted by Crippen LogP contribution is -2.50. The molecule has 1 atom stereocenters. The maximum atomic E-state index is 14.9. The van der Waals surface area contributed by atoms with Crippen LogP contribution in [0.2, 0.25) is 0 Å². The van der Waals surface area contributed by atoms with E-state index in [9.17, 15) is 19.1 Å². The van der Waals surface area contributed by atoms with E-state index in [2.05, 4.69) is 0 Å². The van der Waals surface area contributed by atoms with Gasteiger partial charge in [-0.15, -0.1) is 0 Å². The van der Waals surface area contributed by atoms with Crippen molar-refractivity contribution in [3.8, 4) is 0 Å². The lowest BCUT2D eigenvalue weighted by Gasteiger charge is -2.41. The van der Waals surface area contributed by atoms with Crippen molar-refractivity contribution in [1.29, 1.82) is 0 Å². The van der Waals surface area contributed by atoms with Gasteiger partial charge < -0.3 is 20.0 Å². The number of benzene rings is 1. The Hall–Kier alpha value is -2.35. The molecule has 7 nitrogen and oxygen atoms in total. The fourth-order valence-electron chi connectivity index (χ4n) is 5.35. The first-order valence-electron chi connectivity index (χ1n) is 10.8. The van der Waals surface area contributed by atoms with E-state index in [0.717, 1.165) is 56.4 Å². The molecular formula is C22H30FN3O4. The summed E-state index contributed by atoms with van der Waals surface area (Å²) in [6, 6.07) is 4.66. The molecule has 30 heavy (non-hydrogen) atoms. The molecule has 0 unspecified atom stereocenters. The predicted octanol–water partition coefficient (Wildman–Crippen LogP) is 3.06. The molecule has 0 radical (unpaired) electrons. The number of carbonyl (C=O) groups excluding carboxylic acids is 1. The van der Waals surface area contributed by atoms with Crippen LogP contribution >= 0.6 is 0 Å². The topological polar surface area (TPSA) is 84.3 Å². The summed E-state index contributed by atoms with van der Waals surface area (Å²) in [5, 5.41) is 18.9. The number of likely N-dealkylation sites (tertiary alicyclic amines) is 1. The average molecular weight is 419 g/mol. The quantitative estimate of drug-likeness (QED) is 0.787. The molecular weight excluding hydrogens is 389 g/mol. The number of carbonyl (C=O) groups is 2. The molecule has 4 rings (SSSR count). The zero-order valence-corrected chi connectivity index (χ0v) is 17.4. The maximum Gasteiger partial charge on any atom is 0.411 e. The SMILES string of the molecule is CN(C(=O)O)c1ccc(N2CCC[C@]3(CCN(C4CCC(O)CC4)C3=O)C2)c(F)c1. The van der Waals surface area contributed by atoms with E-state index < -0.39 is 17.3 Å². The first-order chi connectivity index (χ1) is 14.3. The Morgan fingerprint density at radius 3 is 2.60 bits per heavy atom. The van der Waals surface area contributed by atoms with Crippen molar-refractivity contribution in [2.24, 2.45) is 5.41 Å². The van der Waals surface area contributed by atoms with Gasteiger partial charge in [0.15, 0.2) is 0 Å². The summed E-state index contributed by atoms with van der Waals surface area (Å²) in [4.78, 5) is 29.5. The van der Waals surface area contributed by atoms with Crippen molar-refractivity contribution < 1.29 is 24.2 Å². The van der Waals surface area contributed by atoms with E-state index in [-0.39, 0.29) is 23.7 Å². The zero-order chi connectivity index (χ0) is 21.5. The van der Waals surface area contributed by atoms with Gasteiger partial charge in [0.25, 0.3) is 0 Å². The largest absolute Gasteiger partial charge is 0.465 e. The van der Waals surface area contributed by atoms with Gasteiger partial charge >= 0.3 is 6.09 Å². The van der Waals surface area contributed by atoms with Crippen LogP contribution in [0.5, 0.6) is 0 Å². The number of hydrogen-bond acceptors (Lipinski definition) is 4. The van der Waals surface area contributed by atoms with Crippen molar-refractivity contribution in [1.82, 2.24) is 4.90 Å². The Morgan fingerprint density at radius 1 is 1.20 bits per heavy atom. The van der Waals surface area contributed by atoms with Crippen LogP contribution < -0.4 is 9.80 Å². The summed E-state index contributed by atoms with van der Waals surface area (Å²) >= 11 is 0. The first kappa shape index (κ1) is 20.9. The Balaban J connectivity index is 1.49. The van der Waals surface area contributed by atoms with Crippen molar-refractivity contribution >= 4 is 23.4 Å². The van der Waals surface area contributed by atoms with Crippen LogP contribution in [0, 0.1) is 11.2 Å². The Morgan fingerprint density at radius 2 is 1.93 bits per heavy atom. The molecule has 164 valence electrons. The molecule has 1 saturated carbocycles. The van der Waals surface area contributed by atoms with Gasteiger partial charge in [-0.05, 0) is 63.1 Å². The number of rotatable bonds is 3. The molecule has 2 aliphatic heterocycles. The predicted molar refractivity (Wildman–Crippen MR) is 111 cm³/mol. The van der Waals surface area contributed by atoms with Gasteiger partial charge in [-0.3, -0.25) is 9.69 Å². The van der Waals surface area contributed by atoms with E-state index in [1.807, 2.05) is 9.80 Å². The van der Waals surface area contributed by atoms with Crippen LogP contribution in [-0.4, -0.2) is 65.9 Å². The number of amides is 2. The zero-order valence-electron chi connectivity index (χ0n) is 17.4. The van der Waals surface area contributed by atoms with E-state index in [1.165, 1.54) is 13.1 Å². The van der Waals surface area contributed by atoms with Crippen LogP contribution in [0.3, 0.4) is 0 Å². The molecule has 1 spiro atoms. The minimum atomic E-state index is -1.15. The van der Waals surface area contributed by atoms with Gasteiger partial charge in [-0.1, -0.05) is 0 Å². The highest BCUT2D eigenvalue weighted by Gasteiger charge is 2.50. The number of aliphatic hydroxyl groups excluding tert-OH is 1. The van der Waals surface area contributed by atoms with Gasteiger partial charge in [-0.25, -0.2) is 9.18 Å². The Bertz CT molecular complexity index is 827. The molecule has 1 aliphatic carbocycles. The highest BCUT2D eigenvalue weighted by atomic mass is 19.1. The number of aliphatic hydroxyl groups is 1. The number of anilines is 2. The molecule has 3 fully saturated rings. The smallest absolute Gasteiger partial charge is 0.411 e. The van der Waals surface area contributed by atoms with Crippen molar-refractivity contribution in [2.45, 2.75) is 57.1 Å². The molecule has 1 aromatic rings. The van der Waals surface area contributed by atoms with E-state index >= 15 is 0 Å². The summed E-state index contributed by atoms with van der Waals surface area (Å²) in [6.45, 7) is 1.90. The summed E-state index contributed by atoms with van der Waals surface area (Å²) in [5.41, 5.74) is 0.221. The monoisotopic (exact) mass is 419 g/mol. The highest BCUT2D eigenvalue weighted by molar-refractivity contribution is 5.87. The molecule has 3 aliphatic rings. The Kier molecular flexibility index (Phi) is 5.61. The molecule has 1 aromatic carbocycles. The normalized spacial score (nSPS) is 29.5. The minimum absolute atomic E-state index is 0.177. The van der Waals surface area contributed by atoms with Gasteiger partial charge in [0.05, 0.1) is 17.2 Å². The second-order valence-corrected chi connectivity index (χ2v) is 8.99. The minimum Gasteiger partial charge on any atom is -0.465 e. The molecule has 0 aromatic heterocycles. The Labute approximate surface area is 176 Å². The number of nitrogens with zero attached hydrogens (tertiary/aromatic N) is 3. The molecule has 0 bridgehead atoms. The molecule has 2 amide bonds. The average Bonchev–Trinajstić information content (AvgIpc) is 3.03. The summed E-state index contributed by atoms with van der Waals surface area (Å²) in [5.74, 6) is -0.294. The van der Waals surface area contributed by atoms with E-state index in [1.54, 1.807) is 12.1 Å². The maximum absolute atomic E-state index is 14.9. The number of halogens is 1.